The molecule has 0 spiro atoms. The number of benzene rings is 1. The van der Waals surface area contributed by atoms with Gasteiger partial charge in [-0.1, -0.05) is 17.7 Å². The van der Waals surface area contributed by atoms with Gasteiger partial charge in [-0.3, -0.25) is 4.79 Å². The number of amides is 1. The standard InChI is InChI=1S/C15H11ClF3NO3S/c1-8(23-14(22)12-3-2-6-24-12)13(21)20-11-7-9(15(17,18)19)4-5-10(11)16/h2-8H,1H3,(H,20,21)/t8-/m0/s1. The Balaban J connectivity index is 2.07. The number of esters is 1. The van der Waals surface area contributed by atoms with E-state index in [0.717, 1.165) is 23.5 Å². The number of alkyl halides is 3. The van der Waals surface area contributed by atoms with E-state index in [1.165, 1.54) is 13.0 Å². The zero-order valence-corrected chi connectivity index (χ0v) is 13.8. The van der Waals surface area contributed by atoms with Gasteiger partial charge in [0.15, 0.2) is 6.10 Å². The van der Waals surface area contributed by atoms with E-state index in [2.05, 4.69) is 5.32 Å². The van der Waals surface area contributed by atoms with Crippen molar-refractivity contribution in [3.05, 3.63) is 51.2 Å². The SMILES string of the molecule is C[C@H](OC(=O)c1cccs1)C(=O)Nc1cc(C(F)(F)F)ccc1Cl. The molecule has 24 heavy (non-hydrogen) atoms. The molecule has 0 fully saturated rings. The Morgan fingerprint density at radius 1 is 1.29 bits per heavy atom. The molecule has 0 saturated carbocycles. The predicted octanol–water partition coefficient (Wildman–Crippen LogP) is 4.60. The lowest BCUT2D eigenvalue weighted by Crippen LogP contribution is -2.30. The zero-order valence-electron chi connectivity index (χ0n) is 12.2. The lowest BCUT2D eigenvalue weighted by atomic mass is 10.2. The highest BCUT2D eigenvalue weighted by Gasteiger charge is 2.31. The Bertz CT molecular complexity index is 747. The highest BCUT2D eigenvalue weighted by atomic mass is 35.5. The second kappa shape index (κ2) is 7.23. The number of thiophene rings is 1. The third-order valence-corrected chi connectivity index (χ3v) is 4.11. The van der Waals surface area contributed by atoms with Crippen LogP contribution >= 0.6 is 22.9 Å². The number of hydrogen-bond donors (Lipinski definition) is 1. The summed E-state index contributed by atoms with van der Waals surface area (Å²) in [5.41, 5.74) is -1.17. The highest BCUT2D eigenvalue weighted by Crippen LogP contribution is 2.33. The average molecular weight is 378 g/mol. The van der Waals surface area contributed by atoms with Gasteiger partial charge in [-0.05, 0) is 36.6 Å². The number of carbonyl (C=O) groups excluding carboxylic acids is 2. The van der Waals surface area contributed by atoms with Gasteiger partial charge in [-0.2, -0.15) is 13.2 Å². The Morgan fingerprint density at radius 2 is 2.00 bits per heavy atom. The Labute approximate surface area is 144 Å². The van der Waals surface area contributed by atoms with Gasteiger partial charge in [-0.15, -0.1) is 11.3 Å². The topological polar surface area (TPSA) is 55.4 Å². The zero-order chi connectivity index (χ0) is 17.9. The molecule has 1 amide bonds. The van der Waals surface area contributed by atoms with Crippen LogP contribution in [0.4, 0.5) is 18.9 Å². The summed E-state index contributed by atoms with van der Waals surface area (Å²) in [6.07, 6.45) is -5.77. The van der Waals surface area contributed by atoms with E-state index in [1.807, 2.05) is 0 Å². The van der Waals surface area contributed by atoms with Crippen molar-refractivity contribution in [3.8, 4) is 0 Å². The molecule has 0 unspecified atom stereocenters. The normalized spacial score (nSPS) is 12.5. The highest BCUT2D eigenvalue weighted by molar-refractivity contribution is 7.11. The maximum Gasteiger partial charge on any atom is 0.416 e. The first kappa shape index (κ1) is 18.3. The van der Waals surface area contributed by atoms with Gasteiger partial charge in [0.1, 0.15) is 4.88 Å². The van der Waals surface area contributed by atoms with Crippen molar-refractivity contribution >= 4 is 40.5 Å². The molecule has 0 aliphatic rings. The van der Waals surface area contributed by atoms with Crippen molar-refractivity contribution in [3.63, 3.8) is 0 Å². The number of carbonyl (C=O) groups is 2. The summed E-state index contributed by atoms with van der Waals surface area (Å²) in [6, 6.07) is 5.73. The minimum atomic E-state index is -4.57. The number of ether oxygens (including phenoxy) is 1. The van der Waals surface area contributed by atoms with Crippen LogP contribution in [0.15, 0.2) is 35.7 Å². The fraction of sp³-hybridized carbons (Fsp3) is 0.200. The maximum absolute atomic E-state index is 12.7. The maximum atomic E-state index is 12.7. The van der Waals surface area contributed by atoms with Gasteiger partial charge in [0.2, 0.25) is 0 Å². The van der Waals surface area contributed by atoms with E-state index < -0.39 is 29.7 Å². The summed E-state index contributed by atoms with van der Waals surface area (Å²) in [5, 5.41) is 3.84. The Kier molecular flexibility index (Phi) is 5.51. The van der Waals surface area contributed by atoms with Crippen LogP contribution in [0.1, 0.15) is 22.2 Å². The van der Waals surface area contributed by atoms with Gasteiger partial charge in [0.05, 0.1) is 16.3 Å². The number of anilines is 1. The van der Waals surface area contributed by atoms with Crippen molar-refractivity contribution in [2.45, 2.75) is 19.2 Å². The van der Waals surface area contributed by atoms with Crippen molar-refractivity contribution in [1.82, 2.24) is 0 Å². The van der Waals surface area contributed by atoms with Gasteiger partial charge in [0, 0.05) is 0 Å². The number of nitrogens with one attached hydrogen (secondary N) is 1. The molecule has 9 heteroatoms. The third kappa shape index (κ3) is 4.48. The summed E-state index contributed by atoms with van der Waals surface area (Å²) in [6.45, 7) is 1.31. The average Bonchev–Trinajstić information content (AvgIpc) is 3.02. The predicted molar refractivity (Wildman–Crippen MR) is 84.3 cm³/mol. The molecular weight excluding hydrogens is 367 g/mol. The number of halogens is 4. The lowest BCUT2D eigenvalue weighted by molar-refractivity contribution is -0.137. The van der Waals surface area contributed by atoms with Crippen LogP contribution < -0.4 is 5.32 Å². The molecule has 1 heterocycles. The molecule has 0 aliphatic heterocycles. The first-order chi connectivity index (χ1) is 11.2. The van der Waals surface area contributed by atoms with Crippen molar-refractivity contribution in [2.75, 3.05) is 5.32 Å². The van der Waals surface area contributed by atoms with Crippen LogP contribution in [0.5, 0.6) is 0 Å². The number of hydrogen-bond acceptors (Lipinski definition) is 4. The second-order valence-corrected chi connectivity index (χ2v) is 6.06. The van der Waals surface area contributed by atoms with E-state index in [9.17, 15) is 22.8 Å². The fourth-order valence-corrected chi connectivity index (χ4v) is 2.47. The minimum absolute atomic E-state index is 0.0619. The first-order valence-corrected chi connectivity index (χ1v) is 7.86. The molecule has 2 aromatic rings. The van der Waals surface area contributed by atoms with E-state index in [0.29, 0.717) is 10.9 Å². The van der Waals surface area contributed by atoms with E-state index in [-0.39, 0.29) is 10.7 Å². The van der Waals surface area contributed by atoms with Crippen LogP contribution in [0.3, 0.4) is 0 Å². The van der Waals surface area contributed by atoms with Crippen LogP contribution in [-0.4, -0.2) is 18.0 Å². The number of rotatable bonds is 4. The molecular formula is C15H11ClF3NO3S. The van der Waals surface area contributed by atoms with Gasteiger partial charge in [0.25, 0.3) is 5.91 Å². The molecule has 128 valence electrons. The molecule has 1 aromatic carbocycles. The van der Waals surface area contributed by atoms with Crippen LogP contribution in [0.25, 0.3) is 0 Å². The van der Waals surface area contributed by atoms with Gasteiger partial charge in [-0.25, -0.2) is 4.79 Å². The van der Waals surface area contributed by atoms with E-state index >= 15 is 0 Å². The summed E-state index contributed by atoms with van der Waals surface area (Å²) in [7, 11) is 0. The van der Waals surface area contributed by atoms with Crippen LogP contribution in [0.2, 0.25) is 5.02 Å². The molecule has 0 saturated heterocycles. The van der Waals surface area contributed by atoms with Crippen LogP contribution in [-0.2, 0) is 15.7 Å². The molecule has 1 atom stereocenters. The molecule has 0 radical (unpaired) electrons. The van der Waals surface area contributed by atoms with Gasteiger partial charge >= 0.3 is 12.1 Å². The first-order valence-electron chi connectivity index (χ1n) is 6.60. The van der Waals surface area contributed by atoms with E-state index in [1.54, 1.807) is 11.4 Å². The summed E-state index contributed by atoms with van der Waals surface area (Å²) in [5.74, 6) is -1.48. The molecule has 1 N–H and O–H groups in total. The van der Waals surface area contributed by atoms with Crippen molar-refractivity contribution < 1.29 is 27.5 Å². The fourth-order valence-electron chi connectivity index (χ4n) is 1.70. The monoisotopic (exact) mass is 377 g/mol. The third-order valence-electron chi connectivity index (χ3n) is 2.93. The molecule has 0 aliphatic carbocycles. The van der Waals surface area contributed by atoms with E-state index in [4.69, 9.17) is 16.3 Å². The van der Waals surface area contributed by atoms with Crippen LogP contribution in [0, 0.1) is 0 Å². The smallest absolute Gasteiger partial charge is 0.416 e. The lowest BCUT2D eigenvalue weighted by Gasteiger charge is -2.15. The van der Waals surface area contributed by atoms with Crippen molar-refractivity contribution in [1.29, 1.82) is 0 Å². The summed E-state index contributed by atoms with van der Waals surface area (Å²) in [4.78, 5) is 24.1. The molecule has 2 rings (SSSR count). The second-order valence-electron chi connectivity index (χ2n) is 4.71. The van der Waals surface area contributed by atoms with Crippen molar-refractivity contribution in [2.24, 2.45) is 0 Å². The molecule has 0 bridgehead atoms. The molecule has 1 aromatic heterocycles. The summed E-state index contributed by atoms with van der Waals surface area (Å²) < 4.78 is 43.1. The summed E-state index contributed by atoms with van der Waals surface area (Å²) >= 11 is 6.94. The minimum Gasteiger partial charge on any atom is -0.448 e. The Morgan fingerprint density at radius 3 is 2.58 bits per heavy atom. The Hall–Kier alpha value is -2.06. The largest absolute Gasteiger partial charge is 0.448 e. The molecule has 4 nitrogen and oxygen atoms in total. The quantitative estimate of drug-likeness (QED) is 0.792. The van der Waals surface area contributed by atoms with Gasteiger partial charge < -0.3 is 10.1 Å².